The van der Waals surface area contributed by atoms with E-state index in [0.717, 1.165) is 25.3 Å². The summed E-state index contributed by atoms with van der Waals surface area (Å²) in [5.41, 5.74) is 1.88. The Morgan fingerprint density at radius 2 is 2.00 bits per heavy atom. The molecule has 4 heteroatoms. The third kappa shape index (κ3) is 3.67. The summed E-state index contributed by atoms with van der Waals surface area (Å²) in [6.07, 6.45) is 4.79. The number of hydrogen-bond acceptors (Lipinski definition) is 3. The van der Waals surface area contributed by atoms with Gasteiger partial charge in [-0.2, -0.15) is 5.26 Å². The molecule has 0 radical (unpaired) electrons. The quantitative estimate of drug-likeness (QED) is 0.818. The lowest BCUT2D eigenvalue weighted by atomic mass is 10.1. The van der Waals surface area contributed by atoms with E-state index < -0.39 is 0 Å². The van der Waals surface area contributed by atoms with Crippen LogP contribution in [0.3, 0.4) is 0 Å². The van der Waals surface area contributed by atoms with E-state index in [9.17, 15) is 0 Å². The smallest absolute Gasteiger partial charge is 0.110 e. The largest absolute Gasteiger partial charge is 0.330 e. The number of hydrogen-bond donors (Lipinski definition) is 0. The van der Waals surface area contributed by atoms with Crippen LogP contribution in [0.4, 0.5) is 0 Å². The van der Waals surface area contributed by atoms with Crippen LogP contribution in [-0.2, 0) is 13.0 Å². The van der Waals surface area contributed by atoms with Crippen LogP contribution in [0.5, 0.6) is 0 Å². The minimum Gasteiger partial charge on any atom is -0.330 e. The molecule has 0 aliphatic carbocycles. The molecule has 0 atom stereocenters. The van der Waals surface area contributed by atoms with Crippen LogP contribution in [0, 0.1) is 11.3 Å². The number of likely N-dealkylation sites (N-methyl/N-ethyl adjacent to an activating group) is 1. The highest BCUT2D eigenvalue weighted by Crippen LogP contribution is 2.08. The van der Waals surface area contributed by atoms with E-state index in [0.29, 0.717) is 5.56 Å². The van der Waals surface area contributed by atoms with Crippen molar-refractivity contribution in [2.24, 2.45) is 0 Å². The van der Waals surface area contributed by atoms with E-state index in [1.54, 1.807) is 0 Å². The van der Waals surface area contributed by atoms with Crippen LogP contribution in [0.2, 0.25) is 0 Å². The van der Waals surface area contributed by atoms with Gasteiger partial charge in [0.25, 0.3) is 0 Å². The fourth-order valence-electron chi connectivity index (χ4n) is 1.92. The van der Waals surface area contributed by atoms with Crippen LogP contribution in [0.15, 0.2) is 36.7 Å². The van der Waals surface area contributed by atoms with Gasteiger partial charge in [0.2, 0.25) is 0 Å². The van der Waals surface area contributed by atoms with Crippen molar-refractivity contribution in [2.75, 3.05) is 20.6 Å². The Morgan fingerprint density at radius 3 is 2.63 bits per heavy atom. The highest BCUT2D eigenvalue weighted by molar-refractivity contribution is 5.31. The van der Waals surface area contributed by atoms with Gasteiger partial charge in [-0.05, 0) is 31.8 Å². The number of rotatable bonds is 5. The number of aromatic nitrogens is 2. The molecule has 4 nitrogen and oxygen atoms in total. The summed E-state index contributed by atoms with van der Waals surface area (Å²) in [6, 6.07) is 9.83. The Labute approximate surface area is 113 Å². The minimum absolute atomic E-state index is 0.696. The average molecular weight is 254 g/mol. The van der Waals surface area contributed by atoms with Crippen molar-refractivity contribution in [1.29, 1.82) is 5.26 Å². The average Bonchev–Trinajstić information content (AvgIpc) is 2.84. The zero-order valence-corrected chi connectivity index (χ0v) is 11.4. The molecule has 0 saturated heterocycles. The van der Waals surface area contributed by atoms with Gasteiger partial charge in [0.05, 0.1) is 11.6 Å². The summed E-state index contributed by atoms with van der Waals surface area (Å²) in [5, 5.41) is 8.78. The van der Waals surface area contributed by atoms with Gasteiger partial charge in [-0.3, -0.25) is 0 Å². The van der Waals surface area contributed by atoms with Crippen LogP contribution in [0.25, 0.3) is 0 Å². The van der Waals surface area contributed by atoms with Crippen LogP contribution < -0.4 is 0 Å². The maximum Gasteiger partial charge on any atom is 0.110 e. The lowest BCUT2D eigenvalue weighted by Crippen LogP contribution is -2.17. The second kappa shape index (κ2) is 6.17. The molecule has 2 aromatic rings. The zero-order chi connectivity index (χ0) is 13.7. The Morgan fingerprint density at radius 1 is 1.26 bits per heavy atom. The SMILES string of the molecule is CN(C)CCc1nccn1Cc1ccc(C#N)cc1. The van der Waals surface area contributed by atoms with Crippen molar-refractivity contribution >= 4 is 0 Å². The summed E-state index contributed by atoms with van der Waals surface area (Å²) in [7, 11) is 4.13. The predicted octanol–water partition coefficient (Wildman–Crippen LogP) is 1.91. The van der Waals surface area contributed by atoms with Gasteiger partial charge in [-0.25, -0.2) is 4.98 Å². The van der Waals surface area contributed by atoms with Crippen molar-refractivity contribution in [3.05, 3.63) is 53.6 Å². The van der Waals surface area contributed by atoms with Crippen molar-refractivity contribution in [2.45, 2.75) is 13.0 Å². The Balaban J connectivity index is 2.06. The fraction of sp³-hybridized carbons (Fsp3) is 0.333. The molecule has 0 fully saturated rings. The molecule has 0 aliphatic rings. The predicted molar refractivity (Wildman–Crippen MR) is 74.7 cm³/mol. The van der Waals surface area contributed by atoms with E-state index >= 15 is 0 Å². The van der Waals surface area contributed by atoms with Crippen molar-refractivity contribution in [1.82, 2.24) is 14.5 Å². The van der Waals surface area contributed by atoms with E-state index in [1.165, 1.54) is 5.56 Å². The van der Waals surface area contributed by atoms with E-state index in [-0.39, 0.29) is 0 Å². The molecule has 0 N–H and O–H groups in total. The number of imidazole rings is 1. The first-order valence-corrected chi connectivity index (χ1v) is 6.33. The maximum atomic E-state index is 8.78. The Hall–Kier alpha value is -2.12. The molecular weight excluding hydrogens is 236 g/mol. The molecule has 2 rings (SSSR count). The first kappa shape index (κ1) is 13.3. The van der Waals surface area contributed by atoms with Gasteiger partial charge in [0.15, 0.2) is 0 Å². The van der Waals surface area contributed by atoms with Gasteiger partial charge < -0.3 is 9.47 Å². The molecule has 1 heterocycles. The van der Waals surface area contributed by atoms with Gasteiger partial charge in [-0.1, -0.05) is 12.1 Å². The number of nitriles is 1. The summed E-state index contributed by atoms with van der Waals surface area (Å²) in [5.74, 6) is 1.10. The Bertz CT molecular complexity index is 561. The molecule has 0 bridgehead atoms. The van der Waals surface area contributed by atoms with Crippen LogP contribution in [-0.4, -0.2) is 35.1 Å². The van der Waals surface area contributed by atoms with E-state index in [1.807, 2.05) is 36.7 Å². The molecule has 0 amide bonds. The first-order valence-electron chi connectivity index (χ1n) is 6.33. The molecule has 0 aliphatic heterocycles. The van der Waals surface area contributed by atoms with Gasteiger partial charge in [0, 0.05) is 31.9 Å². The molecule has 0 unspecified atom stereocenters. The van der Waals surface area contributed by atoms with Crippen LogP contribution >= 0.6 is 0 Å². The number of nitrogens with zero attached hydrogens (tertiary/aromatic N) is 4. The summed E-state index contributed by atoms with van der Waals surface area (Å²) >= 11 is 0. The molecular formula is C15H18N4. The zero-order valence-electron chi connectivity index (χ0n) is 11.4. The monoisotopic (exact) mass is 254 g/mol. The summed E-state index contributed by atoms with van der Waals surface area (Å²) in [4.78, 5) is 6.56. The third-order valence-electron chi connectivity index (χ3n) is 3.02. The highest BCUT2D eigenvalue weighted by atomic mass is 15.1. The van der Waals surface area contributed by atoms with Crippen LogP contribution in [0.1, 0.15) is 17.0 Å². The lowest BCUT2D eigenvalue weighted by molar-refractivity contribution is 0.406. The minimum atomic E-state index is 0.696. The van der Waals surface area contributed by atoms with Crippen molar-refractivity contribution in [3.8, 4) is 6.07 Å². The standard InChI is InChI=1S/C15H18N4/c1-18(2)9-7-15-17-8-10-19(15)12-14-5-3-13(11-16)4-6-14/h3-6,8,10H,7,9,12H2,1-2H3. The first-order chi connectivity index (χ1) is 9.19. The summed E-state index contributed by atoms with van der Waals surface area (Å²) in [6.45, 7) is 1.79. The Kier molecular flexibility index (Phi) is 4.32. The molecule has 98 valence electrons. The molecule has 19 heavy (non-hydrogen) atoms. The van der Waals surface area contributed by atoms with Gasteiger partial charge in [0.1, 0.15) is 5.82 Å². The molecule has 0 spiro atoms. The summed E-state index contributed by atoms with van der Waals surface area (Å²) < 4.78 is 2.16. The number of benzene rings is 1. The molecule has 1 aromatic carbocycles. The molecule has 1 aromatic heterocycles. The topological polar surface area (TPSA) is 44.9 Å². The van der Waals surface area contributed by atoms with Crippen molar-refractivity contribution < 1.29 is 0 Å². The van der Waals surface area contributed by atoms with Crippen molar-refractivity contribution in [3.63, 3.8) is 0 Å². The van der Waals surface area contributed by atoms with E-state index in [4.69, 9.17) is 5.26 Å². The lowest BCUT2D eigenvalue weighted by Gasteiger charge is -2.11. The second-order valence-electron chi connectivity index (χ2n) is 4.83. The van der Waals surface area contributed by atoms with Gasteiger partial charge in [-0.15, -0.1) is 0 Å². The van der Waals surface area contributed by atoms with E-state index in [2.05, 4.69) is 34.6 Å². The van der Waals surface area contributed by atoms with Gasteiger partial charge >= 0.3 is 0 Å². The second-order valence-corrected chi connectivity index (χ2v) is 4.83. The maximum absolute atomic E-state index is 8.78. The third-order valence-corrected chi connectivity index (χ3v) is 3.02. The normalized spacial score (nSPS) is 10.6. The fourth-order valence-corrected chi connectivity index (χ4v) is 1.92. The highest BCUT2D eigenvalue weighted by Gasteiger charge is 2.04. The molecule has 0 saturated carbocycles.